The fourth-order valence-corrected chi connectivity index (χ4v) is 3.31. The zero-order valence-electron chi connectivity index (χ0n) is 10.2. The highest BCUT2D eigenvalue weighted by atomic mass is 32.2. The van der Waals surface area contributed by atoms with Crippen molar-refractivity contribution in [3.05, 3.63) is 29.8 Å². The molecule has 2 unspecified atom stereocenters. The predicted molar refractivity (Wildman–Crippen MR) is 74.4 cm³/mol. The second-order valence-corrected chi connectivity index (χ2v) is 6.00. The van der Waals surface area contributed by atoms with Crippen molar-refractivity contribution in [3.8, 4) is 0 Å². The summed E-state index contributed by atoms with van der Waals surface area (Å²) in [5.41, 5.74) is 2.69. The first kappa shape index (κ1) is 11.8. The van der Waals surface area contributed by atoms with Crippen LogP contribution in [0.4, 0.5) is 5.69 Å². The zero-order valence-corrected chi connectivity index (χ0v) is 11.0. The SMILES string of the molecule is CCc1ccc(NC2CCCSC2C)cc1. The van der Waals surface area contributed by atoms with E-state index in [2.05, 4.69) is 55.2 Å². The number of rotatable bonds is 3. The van der Waals surface area contributed by atoms with E-state index in [-0.39, 0.29) is 0 Å². The van der Waals surface area contributed by atoms with Crippen LogP contribution < -0.4 is 5.32 Å². The van der Waals surface area contributed by atoms with Crippen LogP contribution in [-0.2, 0) is 6.42 Å². The molecule has 0 aromatic heterocycles. The number of anilines is 1. The van der Waals surface area contributed by atoms with Crippen LogP contribution in [-0.4, -0.2) is 17.0 Å². The number of benzene rings is 1. The molecule has 2 atom stereocenters. The Morgan fingerprint density at radius 2 is 2.06 bits per heavy atom. The van der Waals surface area contributed by atoms with Gasteiger partial charge in [0.15, 0.2) is 0 Å². The Morgan fingerprint density at radius 3 is 2.69 bits per heavy atom. The number of aryl methyl sites for hydroxylation is 1. The summed E-state index contributed by atoms with van der Waals surface area (Å²) >= 11 is 2.09. The van der Waals surface area contributed by atoms with Crippen LogP contribution in [0, 0.1) is 0 Å². The molecule has 1 aromatic rings. The largest absolute Gasteiger partial charge is 0.381 e. The first-order valence-corrected chi connectivity index (χ1v) is 7.31. The molecule has 1 nitrogen and oxygen atoms in total. The molecule has 0 spiro atoms. The number of thioether (sulfide) groups is 1. The average molecular weight is 235 g/mol. The van der Waals surface area contributed by atoms with E-state index in [0.29, 0.717) is 6.04 Å². The molecule has 1 heterocycles. The fraction of sp³-hybridized carbons (Fsp3) is 0.571. The van der Waals surface area contributed by atoms with Crippen LogP contribution in [0.5, 0.6) is 0 Å². The molecule has 2 rings (SSSR count). The second-order valence-electron chi connectivity index (χ2n) is 4.52. The maximum absolute atomic E-state index is 3.66. The maximum atomic E-state index is 3.66. The molecule has 16 heavy (non-hydrogen) atoms. The minimum atomic E-state index is 0.645. The molecule has 1 fully saturated rings. The van der Waals surface area contributed by atoms with Crippen LogP contribution in [0.15, 0.2) is 24.3 Å². The van der Waals surface area contributed by atoms with Gasteiger partial charge in [-0.25, -0.2) is 0 Å². The molecule has 1 N–H and O–H groups in total. The van der Waals surface area contributed by atoms with Crippen molar-refractivity contribution in [3.63, 3.8) is 0 Å². The van der Waals surface area contributed by atoms with E-state index in [1.165, 1.54) is 29.8 Å². The maximum Gasteiger partial charge on any atom is 0.0377 e. The van der Waals surface area contributed by atoms with Gasteiger partial charge in [0.1, 0.15) is 0 Å². The van der Waals surface area contributed by atoms with Gasteiger partial charge in [0.2, 0.25) is 0 Å². The molecule has 0 aliphatic carbocycles. The van der Waals surface area contributed by atoms with E-state index < -0.39 is 0 Å². The molecular formula is C14H21NS. The first-order chi connectivity index (χ1) is 7.79. The summed E-state index contributed by atoms with van der Waals surface area (Å²) in [5, 5.41) is 4.40. The van der Waals surface area contributed by atoms with Crippen molar-refractivity contribution in [1.29, 1.82) is 0 Å². The minimum Gasteiger partial charge on any atom is -0.381 e. The minimum absolute atomic E-state index is 0.645. The Hall–Kier alpha value is -0.630. The Bertz CT molecular complexity index is 320. The van der Waals surface area contributed by atoms with Crippen LogP contribution in [0.3, 0.4) is 0 Å². The molecule has 0 bridgehead atoms. The van der Waals surface area contributed by atoms with E-state index in [9.17, 15) is 0 Å². The lowest BCUT2D eigenvalue weighted by Gasteiger charge is -2.30. The van der Waals surface area contributed by atoms with Crippen molar-refractivity contribution in [2.45, 2.75) is 44.4 Å². The molecule has 0 amide bonds. The fourth-order valence-electron chi connectivity index (χ4n) is 2.16. The van der Waals surface area contributed by atoms with E-state index in [1.807, 2.05) is 0 Å². The Kier molecular flexibility index (Phi) is 4.16. The van der Waals surface area contributed by atoms with Crippen molar-refractivity contribution in [1.82, 2.24) is 0 Å². The summed E-state index contributed by atoms with van der Waals surface area (Å²) < 4.78 is 0. The summed E-state index contributed by atoms with van der Waals surface area (Å²) in [7, 11) is 0. The van der Waals surface area contributed by atoms with Gasteiger partial charge in [-0.2, -0.15) is 11.8 Å². The van der Waals surface area contributed by atoms with Crippen LogP contribution in [0.1, 0.15) is 32.3 Å². The standard InChI is InChI=1S/C14H21NS/c1-3-12-6-8-13(9-7-12)15-14-5-4-10-16-11(14)2/h6-9,11,14-15H,3-5,10H2,1-2H3. The zero-order chi connectivity index (χ0) is 11.4. The normalized spacial score (nSPS) is 25.4. The van der Waals surface area contributed by atoms with Crippen LogP contribution in [0.25, 0.3) is 0 Å². The van der Waals surface area contributed by atoms with Crippen LogP contribution >= 0.6 is 11.8 Å². The molecule has 1 aromatic carbocycles. The average Bonchev–Trinajstić information content (AvgIpc) is 2.33. The van der Waals surface area contributed by atoms with E-state index in [0.717, 1.165) is 11.7 Å². The third-order valence-electron chi connectivity index (χ3n) is 3.32. The molecule has 0 radical (unpaired) electrons. The van der Waals surface area contributed by atoms with Gasteiger partial charge in [0.25, 0.3) is 0 Å². The summed E-state index contributed by atoms with van der Waals surface area (Å²) in [6.07, 6.45) is 3.78. The Labute approximate surface area is 103 Å². The van der Waals surface area contributed by atoms with Gasteiger partial charge in [-0.3, -0.25) is 0 Å². The van der Waals surface area contributed by atoms with Crippen LogP contribution in [0.2, 0.25) is 0 Å². The van der Waals surface area contributed by atoms with Gasteiger partial charge < -0.3 is 5.32 Å². The third kappa shape index (κ3) is 2.94. The molecule has 2 heteroatoms. The monoisotopic (exact) mass is 235 g/mol. The van der Waals surface area contributed by atoms with Gasteiger partial charge in [-0.1, -0.05) is 26.0 Å². The van der Waals surface area contributed by atoms with Gasteiger partial charge >= 0.3 is 0 Å². The third-order valence-corrected chi connectivity index (χ3v) is 4.70. The highest BCUT2D eigenvalue weighted by Gasteiger charge is 2.21. The molecule has 1 saturated heterocycles. The number of hydrogen-bond donors (Lipinski definition) is 1. The summed E-state index contributed by atoms with van der Waals surface area (Å²) in [4.78, 5) is 0. The van der Waals surface area contributed by atoms with Gasteiger partial charge in [0.05, 0.1) is 0 Å². The molecule has 88 valence electrons. The molecule has 1 aliphatic rings. The van der Waals surface area contributed by atoms with Crippen molar-refractivity contribution < 1.29 is 0 Å². The number of nitrogens with one attached hydrogen (secondary N) is 1. The lowest BCUT2D eigenvalue weighted by atomic mass is 10.1. The Balaban J connectivity index is 1.96. The second kappa shape index (κ2) is 5.62. The molecule has 0 saturated carbocycles. The summed E-state index contributed by atoms with van der Waals surface area (Å²) in [6, 6.07) is 9.52. The van der Waals surface area contributed by atoms with Crippen molar-refractivity contribution in [2.75, 3.05) is 11.1 Å². The smallest absolute Gasteiger partial charge is 0.0377 e. The van der Waals surface area contributed by atoms with E-state index in [1.54, 1.807) is 0 Å². The highest BCUT2D eigenvalue weighted by molar-refractivity contribution is 8.00. The quantitative estimate of drug-likeness (QED) is 0.851. The lowest BCUT2D eigenvalue weighted by molar-refractivity contribution is 0.617. The van der Waals surface area contributed by atoms with E-state index in [4.69, 9.17) is 0 Å². The molecule has 1 aliphatic heterocycles. The topological polar surface area (TPSA) is 12.0 Å². The highest BCUT2D eigenvalue weighted by Crippen LogP contribution is 2.27. The number of hydrogen-bond acceptors (Lipinski definition) is 2. The summed E-state index contributed by atoms with van der Waals surface area (Å²) in [5.74, 6) is 1.33. The van der Waals surface area contributed by atoms with Gasteiger partial charge in [-0.15, -0.1) is 0 Å². The predicted octanol–water partition coefficient (Wildman–Crippen LogP) is 3.95. The van der Waals surface area contributed by atoms with E-state index >= 15 is 0 Å². The molecular weight excluding hydrogens is 214 g/mol. The first-order valence-electron chi connectivity index (χ1n) is 6.26. The van der Waals surface area contributed by atoms with Crippen molar-refractivity contribution in [2.24, 2.45) is 0 Å². The van der Waals surface area contributed by atoms with Crippen molar-refractivity contribution >= 4 is 17.4 Å². The Morgan fingerprint density at radius 1 is 1.31 bits per heavy atom. The van der Waals surface area contributed by atoms with Gasteiger partial charge in [-0.05, 0) is 42.7 Å². The summed E-state index contributed by atoms with van der Waals surface area (Å²) in [6.45, 7) is 4.53. The van der Waals surface area contributed by atoms with Gasteiger partial charge in [0, 0.05) is 17.0 Å². The lowest BCUT2D eigenvalue weighted by Crippen LogP contribution is -2.32.